The van der Waals surface area contributed by atoms with E-state index in [-0.39, 0.29) is 56.3 Å². The van der Waals surface area contributed by atoms with Crippen LogP contribution in [-0.2, 0) is 58.9 Å². The highest BCUT2D eigenvalue weighted by atomic mass is 16.5. The summed E-state index contributed by atoms with van der Waals surface area (Å²) in [7, 11) is 0. The molecule has 0 atom stereocenters. The van der Waals surface area contributed by atoms with Crippen LogP contribution in [-0.4, -0.2) is 33.2 Å². The predicted molar refractivity (Wildman–Crippen MR) is 214 cm³/mol. The van der Waals surface area contributed by atoms with Gasteiger partial charge < -0.3 is 43.7 Å². The first-order valence-corrected chi connectivity index (χ1v) is 19.4. The molecule has 300 valence electrons. The summed E-state index contributed by atoms with van der Waals surface area (Å²) >= 11 is 0. The molecule has 60 heavy (non-hydrogen) atoms. The minimum absolute atomic E-state index is 0.0243. The Kier molecular flexibility index (Phi) is 9.04. The molecule has 3 heterocycles. The van der Waals surface area contributed by atoms with E-state index in [4.69, 9.17) is 28.4 Å². The van der Waals surface area contributed by atoms with Crippen molar-refractivity contribution in [3.8, 4) is 34.5 Å². The minimum Gasteiger partial charge on any atom is -0.485 e. The Labute approximate surface area is 343 Å². The van der Waals surface area contributed by atoms with Gasteiger partial charge in [0.05, 0.1) is 16.7 Å². The smallest absolute Gasteiger partial charge is 0.335 e. The van der Waals surface area contributed by atoms with Crippen LogP contribution in [0.25, 0.3) is 0 Å². The summed E-state index contributed by atoms with van der Waals surface area (Å²) < 4.78 is 39.1. The molecule has 4 aliphatic rings. The van der Waals surface area contributed by atoms with E-state index >= 15 is 0 Å². The summed E-state index contributed by atoms with van der Waals surface area (Å²) in [4.78, 5) is 36.9. The van der Waals surface area contributed by atoms with Gasteiger partial charge >= 0.3 is 17.9 Å². The lowest BCUT2D eigenvalue weighted by molar-refractivity contribution is 0.0685. The number of hydrogen-bond acceptors (Lipinski definition) is 9. The van der Waals surface area contributed by atoms with Crippen molar-refractivity contribution in [2.24, 2.45) is 0 Å². The summed E-state index contributed by atoms with van der Waals surface area (Å²) in [6.45, 7) is 0.146. The summed E-state index contributed by atoms with van der Waals surface area (Å²) in [6, 6.07) is 26.7. The topological polar surface area (TPSA) is 167 Å². The second kappa shape index (κ2) is 14.7. The number of rotatable bonds is 3. The van der Waals surface area contributed by atoms with Crippen molar-refractivity contribution in [3.05, 3.63) is 174 Å². The second-order valence-electron chi connectivity index (χ2n) is 15.5. The highest BCUT2D eigenvalue weighted by molar-refractivity contribution is 5.89. The lowest BCUT2D eigenvalue weighted by atomic mass is 9.94. The molecule has 0 aromatic heterocycles. The molecule has 0 spiro atoms. The molecule has 6 aromatic carbocycles. The number of hydrogen-bond donors (Lipinski definition) is 3. The van der Waals surface area contributed by atoms with Gasteiger partial charge in [-0.15, -0.1) is 0 Å². The third-order valence-corrected chi connectivity index (χ3v) is 11.2. The Hall–Kier alpha value is -7.47. The van der Waals surface area contributed by atoms with Gasteiger partial charge in [0.1, 0.15) is 39.6 Å². The molecular weight excluding hydrogens is 769 g/mol. The summed E-state index contributed by atoms with van der Waals surface area (Å²) in [5, 5.41) is 30.2. The van der Waals surface area contributed by atoms with Crippen molar-refractivity contribution in [2.75, 3.05) is 0 Å². The maximum atomic E-state index is 12.3. The first kappa shape index (κ1) is 36.8. The molecule has 10 rings (SSSR count). The van der Waals surface area contributed by atoms with Gasteiger partial charge in [0.25, 0.3) is 0 Å². The van der Waals surface area contributed by atoms with Gasteiger partial charge in [0.2, 0.25) is 0 Å². The van der Waals surface area contributed by atoms with Crippen LogP contribution < -0.4 is 28.4 Å². The number of ether oxygens (including phenoxy) is 6. The number of carboxylic acids is 3. The Morgan fingerprint density at radius 3 is 0.650 bits per heavy atom. The maximum Gasteiger partial charge on any atom is 0.335 e. The van der Waals surface area contributed by atoms with Gasteiger partial charge in [0, 0.05) is 0 Å². The van der Waals surface area contributed by atoms with Crippen LogP contribution in [0.3, 0.4) is 0 Å². The lowest BCUT2D eigenvalue weighted by Gasteiger charge is -2.21. The number of aromatic carboxylic acids is 3. The summed E-state index contributed by atoms with van der Waals surface area (Å²) in [6.07, 6.45) is 1.46. The van der Waals surface area contributed by atoms with Crippen molar-refractivity contribution in [2.45, 2.75) is 58.9 Å². The fourth-order valence-electron chi connectivity index (χ4n) is 8.34. The summed E-state index contributed by atoms with van der Waals surface area (Å²) in [5.74, 6) is -0.626. The Morgan fingerprint density at radius 2 is 0.483 bits per heavy atom. The zero-order valence-corrected chi connectivity index (χ0v) is 32.0. The van der Waals surface area contributed by atoms with E-state index in [0.29, 0.717) is 87.1 Å². The van der Waals surface area contributed by atoms with Crippen molar-refractivity contribution in [1.82, 2.24) is 0 Å². The third-order valence-electron chi connectivity index (χ3n) is 11.2. The van der Waals surface area contributed by atoms with Gasteiger partial charge in [-0.25, -0.2) is 14.4 Å². The summed E-state index contributed by atoms with van der Waals surface area (Å²) in [5.41, 5.74) is 9.61. The molecule has 1 aliphatic carbocycles. The monoisotopic (exact) mass is 804 g/mol. The van der Waals surface area contributed by atoms with E-state index in [9.17, 15) is 29.7 Å². The van der Waals surface area contributed by atoms with E-state index in [1.807, 2.05) is 54.6 Å². The number of carboxylic acid groups (broad SMARTS) is 3. The molecule has 18 bridgehead atoms. The first-order chi connectivity index (χ1) is 29.1. The van der Waals surface area contributed by atoms with Crippen LogP contribution in [0.4, 0.5) is 0 Å². The van der Waals surface area contributed by atoms with Crippen molar-refractivity contribution >= 4 is 17.9 Å². The Morgan fingerprint density at radius 1 is 0.300 bits per heavy atom. The highest BCUT2D eigenvalue weighted by Crippen LogP contribution is 2.43. The fraction of sp³-hybridized carbons (Fsp3) is 0.188. The average molecular weight is 805 g/mol. The fourth-order valence-corrected chi connectivity index (χ4v) is 8.34. The normalized spacial score (nSPS) is 14.6. The SMILES string of the molecule is O=C(O)c1cc2cc(c1)COc1cc3c4cc1OCc1cc(cc(C(=O)O)c1)COc1cc(c5cc1OCc1cc(cc(C(=O)O)c1)COc1cc(c(cc1OC2)C3)C5)C4. The van der Waals surface area contributed by atoms with Crippen LogP contribution in [0.5, 0.6) is 34.5 Å². The molecule has 12 heteroatoms. The first-order valence-electron chi connectivity index (χ1n) is 19.4. The predicted octanol–water partition coefficient (Wildman–Crippen LogP) is 8.28. The Bertz CT molecular complexity index is 2350. The molecule has 0 amide bonds. The molecule has 0 fully saturated rings. The minimum atomic E-state index is -1.10. The van der Waals surface area contributed by atoms with Crippen LogP contribution in [0.15, 0.2) is 91.0 Å². The third kappa shape index (κ3) is 7.28. The van der Waals surface area contributed by atoms with Gasteiger partial charge in [0.15, 0.2) is 34.5 Å². The number of benzene rings is 6. The molecule has 3 aliphatic heterocycles. The number of fused-ring (bicyclic) bond motifs is 15. The van der Waals surface area contributed by atoms with E-state index < -0.39 is 17.9 Å². The average Bonchev–Trinajstić information content (AvgIpc) is 3.28. The standard InChI is InChI=1S/C48H36O12/c49-46(50)37-4-25-1-26(5-37)20-56-41-14-32-10-31-13-40(55-19-25)42-15-33(31)11-35-17-44(59-23-29-2-27(21-57-42)6-38(8-29)47(51)52)45-18-36(35)12-34(32)16-43(41)58-22-28-3-30(24-60-45)9-39(7-28)48(53)54/h1-9,13-18H,10-12,19-24H2,(H,49,50)(H,51,52)(H,53,54). The lowest BCUT2D eigenvalue weighted by Crippen LogP contribution is -2.09. The van der Waals surface area contributed by atoms with E-state index in [0.717, 1.165) is 33.4 Å². The number of carbonyl (C=O) groups is 3. The van der Waals surface area contributed by atoms with Crippen LogP contribution in [0.1, 0.15) is 97.8 Å². The van der Waals surface area contributed by atoms with Crippen LogP contribution in [0.2, 0.25) is 0 Å². The zero-order valence-electron chi connectivity index (χ0n) is 32.0. The molecule has 6 aromatic rings. The molecule has 3 N–H and O–H groups in total. The van der Waals surface area contributed by atoms with Crippen molar-refractivity contribution < 1.29 is 58.1 Å². The maximum absolute atomic E-state index is 12.3. The van der Waals surface area contributed by atoms with Gasteiger partial charge in [-0.3, -0.25) is 0 Å². The highest BCUT2D eigenvalue weighted by Gasteiger charge is 2.25. The molecule has 0 saturated carbocycles. The van der Waals surface area contributed by atoms with Gasteiger partial charge in [-0.05, 0) is 177 Å². The van der Waals surface area contributed by atoms with Crippen LogP contribution in [0, 0.1) is 0 Å². The molecule has 12 nitrogen and oxygen atoms in total. The molecule has 0 saturated heterocycles. The van der Waals surface area contributed by atoms with E-state index in [1.54, 1.807) is 36.4 Å². The largest absolute Gasteiger partial charge is 0.485 e. The van der Waals surface area contributed by atoms with Gasteiger partial charge in [-0.1, -0.05) is 0 Å². The second-order valence-corrected chi connectivity index (χ2v) is 15.5. The molecule has 0 radical (unpaired) electrons. The van der Waals surface area contributed by atoms with E-state index in [2.05, 4.69) is 0 Å². The zero-order chi connectivity index (χ0) is 41.1. The van der Waals surface area contributed by atoms with E-state index in [1.165, 1.54) is 0 Å². The molecular formula is C48H36O12. The Balaban J connectivity index is 1.24. The van der Waals surface area contributed by atoms with Crippen molar-refractivity contribution in [3.63, 3.8) is 0 Å². The molecule has 0 unspecified atom stereocenters. The van der Waals surface area contributed by atoms with Gasteiger partial charge in [-0.2, -0.15) is 0 Å². The van der Waals surface area contributed by atoms with Crippen LogP contribution >= 0.6 is 0 Å². The quantitative estimate of drug-likeness (QED) is 0.157. The van der Waals surface area contributed by atoms with Crippen molar-refractivity contribution in [1.29, 1.82) is 0 Å².